The van der Waals surface area contributed by atoms with Crippen molar-refractivity contribution in [3.8, 4) is 0 Å². The molecule has 0 amide bonds. The molecule has 2 atom stereocenters. The van der Waals surface area contributed by atoms with Crippen molar-refractivity contribution >= 4 is 17.9 Å². The van der Waals surface area contributed by atoms with E-state index < -0.39 is 6.10 Å². The van der Waals surface area contributed by atoms with Gasteiger partial charge in [-0.25, -0.2) is 0 Å². The Morgan fingerprint density at radius 1 is 0.500 bits per heavy atom. The predicted octanol–water partition coefficient (Wildman–Crippen LogP) is 9.65. The number of esters is 3. The van der Waals surface area contributed by atoms with Crippen LogP contribution in [0.5, 0.6) is 0 Å². The summed E-state index contributed by atoms with van der Waals surface area (Å²) in [4.78, 5) is 36.9. The van der Waals surface area contributed by atoms with Crippen LogP contribution in [0.3, 0.4) is 0 Å². The maximum absolute atomic E-state index is 12.4. The van der Waals surface area contributed by atoms with Crippen LogP contribution in [-0.2, 0) is 28.6 Å². The lowest BCUT2D eigenvalue weighted by Crippen LogP contribution is -2.30. The SMILES string of the molecule is CCCCCCCCCC(=O)O[C@@H](COC(=O)CCCCCCC)COC(=O)CCCCCCCCC(C)CC. The Bertz CT molecular complexity index is 605. The molecule has 1 unspecified atom stereocenters. The van der Waals surface area contributed by atoms with E-state index in [0.717, 1.165) is 70.1 Å². The molecule has 0 aromatic heterocycles. The van der Waals surface area contributed by atoms with Crippen molar-refractivity contribution in [2.24, 2.45) is 5.92 Å². The van der Waals surface area contributed by atoms with Crippen molar-refractivity contribution in [1.29, 1.82) is 0 Å². The molecule has 0 aliphatic carbocycles. The fraction of sp³-hybridized carbons (Fsp3) is 0.912. The maximum atomic E-state index is 12.4. The summed E-state index contributed by atoms with van der Waals surface area (Å²) in [5, 5.41) is 0. The van der Waals surface area contributed by atoms with Crippen molar-refractivity contribution in [2.45, 2.75) is 181 Å². The van der Waals surface area contributed by atoms with Crippen LogP contribution in [0.4, 0.5) is 0 Å². The molecule has 236 valence electrons. The molecular formula is C34H64O6. The van der Waals surface area contributed by atoms with Crippen molar-refractivity contribution in [3.05, 3.63) is 0 Å². The number of carbonyl (C=O) groups excluding carboxylic acids is 3. The fourth-order valence-corrected chi connectivity index (χ4v) is 4.65. The van der Waals surface area contributed by atoms with Gasteiger partial charge >= 0.3 is 17.9 Å². The van der Waals surface area contributed by atoms with Crippen molar-refractivity contribution < 1.29 is 28.6 Å². The Kier molecular flexibility index (Phi) is 27.8. The highest BCUT2D eigenvalue weighted by atomic mass is 16.6. The molecule has 0 fully saturated rings. The molecule has 0 aliphatic heterocycles. The molecule has 0 rings (SSSR count). The van der Waals surface area contributed by atoms with Crippen LogP contribution in [0, 0.1) is 5.92 Å². The van der Waals surface area contributed by atoms with Crippen molar-refractivity contribution in [3.63, 3.8) is 0 Å². The number of hydrogen-bond donors (Lipinski definition) is 0. The zero-order valence-corrected chi connectivity index (χ0v) is 26.8. The summed E-state index contributed by atoms with van der Waals surface area (Å²) in [5.74, 6) is -0.0805. The first-order valence-corrected chi connectivity index (χ1v) is 16.9. The van der Waals surface area contributed by atoms with E-state index in [1.807, 2.05) is 0 Å². The van der Waals surface area contributed by atoms with E-state index in [0.29, 0.717) is 19.3 Å². The van der Waals surface area contributed by atoms with Gasteiger partial charge in [0, 0.05) is 19.3 Å². The van der Waals surface area contributed by atoms with Gasteiger partial charge in [-0.1, -0.05) is 137 Å². The topological polar surface area (TPSA) is 78.9 Å². The van der Waals surface area contributed by atoms with Crippen molar-refractivity contribution in [1.82, 2.24) is 0 Å². The third-order valence-corrected chi connectivity index (χ3v) is 7.65. The summed E-state index contributed by atoms with van der Waals surface area (Å²) < 4.78 is 16.4. The zero-order valence-electron chi connectivity index (χ0n) is 26.8. The minimum absolute atomic E-state index is 0.0685. The average molecular weight is 569 g/mol. The van der Waals surface area contributed by atoms with Gasteiger partial charge in [-0.05, 0) is 25.2 Å². The molecule has 0 aliphatic rings. The molecule has 0 bridgehead atoms. The largest absolute Gasteiger partial charge is 0.462 e. The normalized spacial score (nSPS) is 12.6. The second-order valence-corrected chi connectivity index (χ2v) is 11.7. The van der Waals surface area contributed by atoms with Crippen LogP contribution >= 0.6 is 0 Å². The van der Waals surface area contributed by atoms with Gasteiger partial charge in [-0.15, -0.1) is 0 Å². The third kappa shape index (κ3) is 26.6. The second kappa shape index (κ2) is 28.9. The van der Waals surface area contributed by atoms with E-state index in [1.165, 1.54) is 64.2 Å². The Morgan fingerprint density at radius 2 is 0.875 bits per heavy atom. The monoisotopic (exact) mass is 568 g/mol. The summed E-state index contributed by atoms with van der Waals surface area (Å²) in [6.45, 7) is 8.78. The molecule has 0 spiro atoms. The van der Waals surface area contributed by atoms with Gasteiger partial charge in [-0.3, -0.25) is 14.4 Å². The minimum Gasteiger partial charge on any atom is -0.462 e. The quantitative estimate of drug-likeness (QED) is 0.0508. The molecule has 0 N–H and O–H groups in total. The van der Waals surface area contributed by atoms with Crippen molar-refractivity contribution in [2.75, 3.05) is 13.2 Å². The van der Waals surface area contributed by atoms with Gasteiger partial charge in [0.2, 0.25) is 0 Å². The zero-order chi connectivity index (χ0) is 29.7. The first-order chi connectivity index (χ1) is 19.4. The molecule has 40 heavy (non-hydrogen) atoms. The van der Waals surface area contributed by atoms with Gasteiger partial charge < -0.3 is 14.2 Å². The highest BCUT2D eigenvalue weighted by Crippen LogP contribution is 2.15. The molecule has 0 aromatic rings. The molecule has 0 radical (unpaired) electrons. The Hall–Kier alpha value is -1.59. The van der Waals surface area contributed by atoms with Crippen LogP contribution in [0.1, 0.15) is 175 Å². The van der Waals surface area contributed by atoms with Crippen LogP contribution in [0.15, 0.2) is 0 Å². The van der Waals surface area contributed by atoms with Crippen LogP contribution in [0.25, 0.3) is 0 Å². The summed E-state index contributed by atoms with van der Waals surface area (Å²) in [5.41, 5.74) is 0. The molecule has 0 aromatic carbocycles. The highest BCUT2D eigenvalue weighted by Gasteiger charge is 2.19. The molecule has 0 saturated heterocycles. The number of unbranched alkanes of at least 4 members (excludes halogenated alkanes) is 15. The van der Waals surface area contributed by atoms with E-state index >= 15 is 0 Å². The summed E-state index contributed by atoms with van der Waals surface area (Å²) >= 11 is 0. The third-order valence-electron chi connectivity index (χ3n) is 7.65. The number of carbonyl (C=O) groups is 3. The molecule has 6 nitrogen and oxygen atoms in total. The first kappa shape index (κ1) is 38.4. The molecular weight excluding hydrogens is 504 g/mol. The number of hydrogen-bond acceptors (Lipinski definition) is 6. The van der Waals surface area contributed by atoms with Gasteiger partial charge in [0.1, 0.15) is 13.2 Å². The number of rotatable bonds is 29. The number of ether oxygens (including phenoxy) is 3. The van der Waals surface area contributed by atoms with Gasteiger partial charge in [0.25, 0.3) is 0 Å². The van der Waals surface area contributed by atoms with E-state index in [1.54, 1.807) is 0 Å². The van der Waals surface area contributed by atoms with Crippen LogP contribution in [-0.4, -0.2) is 37.2 Å². The predicted molar refractivity (Wildman–Crippen MR) is 164 cm³/mol. The minimum atomic E-state index is -0.754. The van der Waals surface area contributed by atoms with E-state index in [-0.39, 0.29) is 31.1 Å². The van der Waals surface area contributed by atoms with Gasteiger partial charge in [-0.2, -0.15) is 0 Å². The second-order valence-electron chi connectivity index (χ2n) is 11.7. The fourth-order valence-electron chi connectivity index (χ4n) is 4.65. The van der Waals surface area contributed by atoms with Crippen LogP contribution < -0.4 is 0 Å². The van der Waals surface area contributed by atoms with Gasteiger partial charge in [0.15, 0.2) is 6.10 Å². The first-order valence-electron chi connectivity index (χ1n) is 16.9. The lowest BCUT2D eigenvalue weighted by atomic mass is 10.00. The summed E-state index contributed by atoms with van der Waals surface area (Å²) in [7, 11) is 0. The Labute approximate surface area is 247 Å². The molecule has 0 saturated carbocycles. The molecule has 0 heterocycles. The van der Waals surface area contributed by atoms with E-state index in [9.17, 15) is 14.4 Å². The lowest BCUT2D eigenvalue weighted by Gasteiger charge is -2.18. The van der Waals surface area contributed by atoms with E-state index in [2.05, 4.69) is 27.7 Å². The highest BCUT2D eigenvalue weighted by molar-refractivity contribution is 5.71. The Morgan fingerprint density at radius 3 is 1.30 bits per heavy atom. The average Bonchev–Trinajstić information content (AvgIpc) is 2.95. The Balaban J connectivity index is 4.33. The standard InChI is InChI=1S/C34H64O6/c1-5-8-10-12-13-19-23-27-34(37)40-31(28-38-32(35)25-21-16-11-9-6-2)29-39-33(36)26-22-18-15-14-17-20-24-30(4)7-3/h30-31H,5-29H2,1-4H3/t30?,31-/m0/s1. The summed E-state index contributed by atoms with van der Waals surface area (Å²) in [6, 6.07) is 0. The molecule has 6 heteroatoms. The van der Waals surface area contributed by atoms with Crippen LogP contribution in [0.2, 0.25) is 0 Å². The smallest absolute Gasteiger partial charge is 0.306 e. The lowest BCUT2D eigenvalue weighted by molar-refractivity contribution is -0.167. The van der Waals surface area contributed by atoms with E-state index in [4.69, 9.17) is 14.2 Å². The maximum Gasteiger partial charge on any atom is 0.306 e. The van der Waals surface area contributed by atoms with Gasteiger partial charge in [0.05, 0.1) is 0 Å². The summed E-state index contributed by atoms with van der Waals surface area (Å²) in [6.07, 6.45) is 22.7.